The number of imidazole rings is 1. The van der Waals surface area contributed by atoms with Crippen molar-refractivity contribution >= 4 is 27.8 Å². The molecule has 3 rings (SSSR count). The number of nitrogens with one attached hydrogen (secondary N) is 1. The topological polar surface area (TPSA) is 80.5 Å². The molecule has 0 bridgehead atoms. The van der Waals surface area contributed by atoms with Crippen LogP contribution in [0, 0.1) is 0 Å². The molecule has 0 spiro atoms. The second-order valence-corrected chi connectivity index (χ2v) is 3.05. The molecule has 0 aliphatic rings. The predicted molar refractivity (Wildman–Crippen MR) is 53.6 cm³/mol. The molecule has 1 aromatic carbocycles. The molecule has 0 saturated heterocycles. The third kappa shape index (κ3) is 0.861. The van der Waals surface area contributed by atoms with E-state index in [0.717, 1.165) is 21.9 Å². The summed E-state index contributed by atoms with van der Waals surface area (Å²) in [4.78, 5) is 15.2. The zero-order valence-corrected chi connectivity index (χ0v) is 7.23. The van der Waals surface area contributed by atoms with Crippen LogP contribution >= 0.6 is 0 Å². The number of hydrogen-bond acceptors (Lipinski definition) is 4. The lowest BCUT2D eigenvalue weighted by Crippen LogP contribution is -1.92. The highest BCUT2D eigenvalue weighted by molar-refractivity contribution is 5.97. The molecule has 0 amide bonds. The number of rotatable bonds is 0. The monoisotopic (exact) mass is 185 g/mol. The van der Waals surface area contributed by atoms with Crippen molar-refractivity contribution in [1.82, 2.24) is 19.9 Å². The maximum Gasteiger partial charge on any atom is 0.134 e. The first-order chi connectivity index (χ1) is 6.84. The molecule has 2 heterocycles. The van der Waals surface area contributed by atoms with Crippen LogP contribution in [0.25, 0.3) is 21.9 Å². The maximum absolute atomic E-state index is 5.73. The largest absolute Gasteiger partial charge is 0.383 e. The number of nitrogens with zero attached hydrogens (tertiary/aromatic N) is 3. The Morgan fingerprint density at radius 2 is 2.00 bits per heavy atom. The van der Waals surface area contributed by atoms with E-state index in [-0.39, 0.29) is 0 Å². The summed E-state index contributed by atoms with van der Waals surface area (Å²) in [5.74, 6) is 0.486. The zero-order valence-electron chi connectivity index (χ0n) is 7.23. The van der Waals surface area contributed by atoms with E-state index in [1.165, 1.54) is 6.33 Å². The quantitative estimate of drug-likeness (QED) is 0.549. The van der Waals surface area contributed by atoms with Crippen LogP contribution in [0.3, 0.4) is 0 Å². The minimum atomic E-state index is 0.486. The van der Waals surface area contributed by atoms with E-state index < -0.39 is 0 Å². The second-order valence-electron chi connectivity index (χ2n) is 3.05. The summed E-state index contributed by atoms with van der Waals surface area (Å²) in [6.45, 7) is 0. The average molecular weight is 185 g/mol. The van der Waals surface area contributed by atoms with Gasteiger partial charge < -0.3 is 10.7 Å². The molecule has 3 aromatic rings. The molecule has 5 heteroatoms. The van der Waals surface area contributed by atoms with Crippen LogP contribution in [0.1, 0.15) is 0 Å². The lowest BCUT2D eigenvalue weighted by Gasteiger charge is -1.98. The van der Waals surface area contributed by atoms with E-state index in [4.69, 9.17) is 5.73 Å². The summed E-state index contributed by atoms with van der Waals surface area (Å²) < 4.78 is 0. The fourth-order valence-corrected chi connectivity index (χ4v) is 1.51. The van der Waals surface area contributed by atoms with E-state index in [1.54, 1.807) is 6.33 Å². The Labute approximate surface area is 79.0 Å². The van der Waals surface area contributed by atoms with Crippen molar-refractivity contribution in [2.45, 2.75) is 0 Å². The molecule has 0 atom stereocenters. The maximum atomic E-state index is 5.73. The Hall–Kier alpha value is -2.17. The van der Waals surface area contributed by atoms with Crippen LogP contribution in [-0.2, 0) is 0 Å². The van der Waals surface area contributed by atoms with Gasteiger partial charge in [-0.1, -0.05) is 0 Å². The van der Waals surface area contributed by atoms with E-state index in [9.17, 15) is 0 Å². The highest BCUT2D eigenvalue weighted by Gasteiger charge is 2.03. The van der Waals surface area contributed by atoms with Crippen molar-refractivity contribution in [1.29, 1.82) is 0 Å². The standard InChI is InChI=1S/C9H7N5/c10-9-5-1-7-8(13-3-12-7)2-6(5)11-4-14-9/h1-4H,(H,12,13)(H2,10,11,14). The van der Waals surface area contributed by atoms with Gasteiger partial charge in [0.05, 0.1) is 22.9 Å². The van der Waals surface area contributed by atoms with Gasteiger partial charge >= 0.3 is 0 Å². The third-order valence-corrected chi connectivity index (χ3v) is 2.21. The highest BCUT2D eigenvalue weighted by Crippen LogP contribution is 2.21. The van der Waals surface area contributed by atoms with Gasteiger partial charge in [-0.3, -0.25) is 0 Å². The first kappa shape index (κ1) is 7.25. The number of hydrogen-bond donors (Lipinski definition) is 2. The van der Waals surface area contributed by atoms with Crippen molar-refractivity contribution in [2.24, 2.45) is 0 Å². The van der Waals surface area contributed by atoms with Gasteiger partial charge in [-0.05, 0) is 12.1 Å². The summed E-state index contributed by atoms with van der Waals surface area (Å²) in [6, 6.07) is 3.80. The van der Waals surface area contributed by atoms with Gasteiger partial charge in [0.2, 0.25) is 0 Å². The van der Waals surface area contributed by atoms with Crippen molar-refractivity contribution in [2.75, 3.05) is 5.73 Å². The van der Waals surface area contributed by atoms with Gasteiger partial charge in [0.1, 0.15) is 12.1 Å². The van der Waals surface area contributed by atoms with E-state index in [0.29, 0.717) is 5.82 Å². The molecule has 0 aliphatic heterocycles. The Morgan fingerprint density at radius 1 is 1.07 bits per heavy atom. The Bertz CT molecular complexity index is 613. The fourth-order valence-electron chi connectivity index (χ4n) is 1.51. The van der Waals surface area contributed by atoms with Crippen molar-refractivity contribution in [3.8, 4) is 0 Å². The number of fused-ring (bicyclic) bond motifs is 2. The van der Waals surface area contributed by atoms with Gasteiger partial charge in [-0.15, -0.1) is 0 Å². The van der Waals surface area contributed by atoms with Crippen molar-refractivity contribution in [3.63, 3.8) is 0 Å². The van der Waals surface area contributed by atoms with Gasteiger partial charge in [0, 0.05) is 5.39 Å². The smallest absolute Gasteiger partial charge is 0.134 e. The molecule has 2 aromatic heterocycles. The summed E-state index contributed by atoms with van der Waals surface area (Å²) in [7, 11) is 0. The number of anilines is 1. The number of benzene rings is 1. The van der Waals surface area contributed by atoms with E-state index >= 15 is 0 Å². The summed E-state index contributed by atoms with van der Waals surface area (Å²) in [6.07, 6.45) is 3.10. The van der Waals surface area contributed by atoms with Crippen LogP contribution in [0.15, 0.2) is 24.8 Å². The summed E-state index contributed by atoms with van der Waals surface area (Å²) >= 11 is 0. The van der Waals surface area contributed by atoms with Gasteiger partial charge in [0.25, 0.3) is 0 Å². The molecule has 5 nitrogen and oxygen atoms in total. The van der Waals surface area contributed by atoms with Crippen LogP contribution in [-0.4, -0.2) is 19.9 Å². The highest BCUT2D eigenvalue weighted by atomic mass is 14.9. The average Bonchev–Trinajstić information content (AvgIpc) is 2.62. The Kier molecular flexibility index (Phi) is 1.25. The lowest BCUT2D eigenvalue weighted by atomic mass is 10.2. The van der Waals surface area contributed by atoms with Gasteiger partial charge in [0.15, 0.2) is 0 Å². The number of aromatic nitrogens is 4. The van der Waals surface area contributed by atoms with Crippen LogP contribution in [0.5, 0.6) is 0 Å². The van der Waals surface area contributed by atoms with Gasteiger partial charge in [-0.25, -0.2) is 15.0 Å². The number of nitrogens with two attached hydrogens (primary N) is 1. The molecule has 0 aliphatic carbocycles. The normalized spacial score (nSPS) is 11.1. The lowest BCUT2D eigenvalue weighted by molar-refractivity contribution is 1.23. The molecule has 68 valence electrons. The first-order valence-corrected chi connectivity index (χ1v) is 4.18. The number of nitrogen functional groups attached to an aromatic ring is 1. The second kappa shape index (κ2) is 2.41. The number of aromatic amines is 1. The molecule has 14 heavy (non-hydrogen) atoms. The first-order valence-electron chi connectivity index (χ1n) is 4.18. The Morgan fingerprint density at radius 3 is 2.93 bits per heavy atom. The van der Waals surface area contributed by atoms with Crippen molar-refractivity contribution in [3.05, 3.63) is 24.8 Å². The van der Waals surface area contributed by atoms with E-state index in [1.807, 2.05) is 12.1 Å². The van der Waals surface area contributed by atoms with E-state index in [2.05, 4.69) is 19.9 Å². The van der Waals surface area contributed by atoms with Crippen LogP contribution in [0.2, 0.25) is 0 Å². The molecule has 0 fully saturated rings. The number of H-pyrrole nitrogens is 1. The molecular weight excluding hydrogens is 178 g/mol. The summed E-state index contributed by atoms with van der Waals surface area (Å²) in [5.41, 5.74) is 8.38. The minimum Gasteiger partial charge on any atom is -0.383 e. The van der Waals surface area contributed by atoms with Crippen LogP contribution < -0.4 is 5.73 Å². The van der Waals surface area contributed by atoms with Crippen LogP contribution in [0.4, 0.5) is 5.82 Å². The molecule has 0 radical (unpaired) electrons. The van der Waals surface area contributed by atoms with Gasteiger partial charge in [-0.2, -0.15) is 0 Å². The third-order valence-electron chi connectivity index (χ3n) is 2.21. The minimum absolute atomic E-state index is 0.486. The molecule has 3 N–H and O–H groups in total. The molecular formula is C9H7N5. The summed E-state index contributed by atoms with van der Waals surface area (Å²) in [5, 5.41) is 0.840. The SMILES string of the molecule is Nc1ncnc2cc3[nH]cnc3cc12. The fraction of sp³-hybridized carbons (Fsp3) is 0. The Balaban J connectivity index is 2.57. The molecule has 0 saturated carbocycles. The van der Waals surface area contributed by atoms with Crippen molar-refractivity contribution < 1.29 is 0 Å². The zero-order chi connectivity index (χ0) is 9.54. The molecule has 0 unspecified atom stereocenters. The predicted octanol–water partition coefficient (Wildman–Crippen LogP) is 1.09.